The highest BCUT2D eigenvalue weighted by atomic mass is 32.2. The van der Waals surface area contributed by atoms with Crippen LogP contribution in [0.4, 0.5) is 14.5 Å². The van der Waals surface area contributed by atoms with E-state index in [-0.39, 0.29) is 13.1 Å². The number of carbonyl (C=O) groups excluding carboxylic acids is 1. The summed E-state index contributed by atoms with van der Waals surface area (Å²) >= 11 is 0. The highest BCUT2D eigenvalue weighted by molar-refractivity contribution is 7.88. The molecule has 0 radical (unpaired) electrons. The van der Waals surface area contributed by atoms with E-state index in [4.69, 9.17) is 0 Å². The van der Waals surface area contributed by atoms with Crippen molar-refractivity contribution in [2.24, 2.45) is 0 Å². The fraction of sp³-hybridized carbons (Fsp3) is 0.235. The number of hydrogen-bond donors (Lipinski definition) is 0. The maximum Gasteiger partial charge on any atom is 0.242 e. The summed E-state index contributed by atoms with van der Waals surface area (Å²) in [7, 11) is -2.18. The minimum Gasteiger partial charge on any atom is -0.314 e. The molecule has 2 aromatic carbocycles. The van der Waals surface area contributed by atoms with Gasteiger partial charge >= 0.3 is 0 Å². The van der Waals surface area contributed by atoms with Gasteiger partial charge in [-0.2, -0.15) is 4.31 Å². The van der Waals surface area contributed by atoms with Crippen molar-refractivity contribution in [2.45, 2.75) is 6.54 Å². The molecule has 0 bridgehead atoms. The Bertz CT molecular complexity index is 837. The van der Waals surface area contributed by atoms with Crippen molar-refractivity contribution in [1.29, 1.82) is 0 Å². The van der Waals surface area contributed by atoms with Gasteiger partial charge in [-0.05, 0) is 42.0 Å². The number of nitrogens with zero attached hydrogens (tertiary/aromatic N) is 2. The molecule has 0 saturated heterocycles. The van der Waals surface area contributed by atoms with E-state index in [1.807, 2.05) is 0 Å². The van der Waals surface area contributed by atoms with E-state index in [1.165, 1.54) is 60.5 Å². The molecule has 0 aliphatic rings. The van der Waals surface area contributed by atoms with Crippen molar-refractivity contribution >= 4 is 21.6 Å². The van der Waals surface area contributed by atoms with Gasteiger partial charge in [-0.1, -0.05) is 12.1 Å². The number of sulfonamides is 1. The highest BCUT2D eigenvalue weighted by Gasteiger charge is 2.23. The number of likely N-dealkylation sites (N-methyl/N-ethyl adjacent to an activating group) is 1. The molecule has 0 aromatic heterocycles. The minimum atomic E-state index is -3.66. The van der Waals surface area contributed by atoms with Gasteiger partial charge in [0.1, 0.15) is 11.6 Å². The van der Waals surface area contributed by atoms with Crippen molar-refractivity contribution in [3.63, 3.8) is 0 Å². The Hall–Kier alpha value is -2.32. The molecule has 0 unspecified atom stereocenters. The smallest absolute Gasteiger partial charge is 0.242 e. The molecule has 0 N–H and O–H groups in total. The molecule has 0 aliphatic carbocycles. The number of benzene rings is 2. The number of carbonyl (C=O) groups is 1. The van der Waals surface area contributed by atoms with Gasteiger partial charge in [0.25, 0.3) is 0 Å². The molecule has 25 heavy (non-hydrogen) atoms. The van der Waals surface area contributed by atoms with Gasteiger partial charge in [-0.3, -0.25) is 4.79 Å². The van der Waals surface area contributed by atoms with Gasteiger partial charge in [0.05, 0.1) is 12.8 Å². The van der Waals surface area contributed by atoms with Gasteiger partial charge < -0.3 is 4.90 Å². The van der Waals surface area contributed by atoms with Crippen molar-refractivity contribution in [3.05, 3.63) is 65.7 Å². The average molecular weight is 368 g/mol. The fourth-order valence-corrected chi connectivity index (χ4v) is 2.88. The standard InChI is InChI=1S/C17H18F2N2O3S/c1-20(16-9-7-15(19)8-10-16)17(22)12-21(25(2,23)24)11-13-3-5-14(18)6-4-13/h3-10H,11-12H2,1-2H3. The molecule has 0 atom stereocenters. The van der Waals surface area contributed by atoms with Gasteiger partial charge in [0.2, 0.25) is 15.9 Å². The zero-order valence-corrected chi connectivity index (χ0v) is 14.6. The molecule has 0 heterocycles. The van der Waals surface area contributed by atoms with Crippen LogP contribution in [0.5, 0.6) is 0 Å². The van der Waals surface area contributed by atoms with Gasteiger partial charge in [0.15, 0.2) is 0 Å². The van der Waals surface area contributed by atoms with Crippen LogP contribution in [-0.2, 0) is 21.4 Å². The molecule has 2 aromatic rings. The lowest BCUT2D eigenvalue weighted by molar-refractivity contribution is -0.118. The number of hydrogen-bond acceptors (Lipinski definition) is 3. The third-order valence-electron chi connectivity index (χ3n) is 3.64. The summed E-state index contributed by atoms with van der Waals surface area (Å²) < 4.78 is 50.9. The molecule has 5 nitrogen and oxygen atoms in total. The molecule has 1 amide bonds. The Morgan fingerprint density at radius 1 is 0.960 bits per heavy atom. The van der Waals surface area contributed by atoms with E-state index in [0.717, 1.165) is 10.6 Å². The molecular weight excluding hydrogens is 350 g/mol. The van der Waals surface area contributed by atoms with Crippen molar-refractivity contribution in [1.82, 2.24) is 4.31 Å². The zero-order valence-electron chi connectivity index (χ0n) is 13.8. The summed E-state index contributed by atoms with van der Waals surface area (Å²) in [6.07, 6.45) is 1.00. The lowest BCUT2D eigenvalue weighted by Gasteiger charge is -2.23. The predicted molar refractivity (Wildman–Crippen MR) is 91.5 cm³/mol. The number of halogens is 2. The summed E-state index contributed by atoms with van der Waals surface area (Å²) in [5.41, 5.74) is 1.01. The van der Waals surface area contributed by atoms with Crippen LogP contribution in [0, 0.1) is 11.6 Å². The lowest BCUT2D eigenvalue weighted by atomic mass is 10.2. The largest absolute Gasteiger partial charge is 0.314 e. The van der Waals surface area contributed by atoms with E-state index in [9.17, 15) is 22.0 Å². The summed E-state index contributed by atoms with van der Waals surface area (Å²) in [4.78, 5) is 13.6. The van der Waals surface area contributed by atoms with Crippen LogP contribution >= 0.6 is 0 Å². The minimum absolute atomic E-state index is 0.0535. The fourth-order valence-electron chi connectivity index (χ4n) is 2.15. The van der Waals surface area contributed by atoms with E-state index < -0.39 is 27.6 Å². The lowest BCUT2D eigenvalue weighted by Crippen LogP contribution is -2.40. The first-order valence-electron chi connectivity index (χ1n) is 7.38. The van der Waals surface area contributed by atoms with E-state index >= 15 is 0 Å². The monoisotopic (exact) mass is 368 g/mol. The van der Waals surface area contributed by atoms with Crippen LogP contribution in [0.1, 0.15) is 5.56 Å². The van der Waals surface area contributed by atoms with E-state index in [0.29, 0.717) is 11.3 Å². The number of amides is 1. The van der Waals surface area contributed by atoms with Gasteiger partial charge in [-0.25, -0.2) is 17.2 Å². The van der Waals surface area contributed by atoms with Crippen LogP contribution in [0.3, 0.4) is 0 Å². The summed E-state index contributed by atoms with van der Waals surface area (Å²) in [6.45, 7) is -0.438. The first kappa shape index (κ1) is 19.0. The first-order chi connectivity index (χ1) is 11.7. The average Bonchev–Trinajstić information content (AvgIpc) is 2.55. The third kappa shape index (κ3) is 5.33. The second-order valence-electron chi connectivity index (χ2n) is 5.59. The van der Waals surface area contributed by atoms with Crippen LogP contribution in [-0.4, -0.2) is 38.5 Å². The van der Waals surface area contributed by atoms with Crippen LogP contribution < -0.4 is 4.90 Å². The molecular formula is C17H18F2N2O3S. The van der Waals surface area contributed by atoms with E-state index in [2.05, 4.69) is 0 Å². The number of rotatable bonds is 6. The van der Waals surface area contributed by atoms with Crippen molar-refractivity contribution in [3.8, 4) is 0 Å². The second kappa shape index (κ2) is 7.71. The molecule has 8 heteroatoms. The van der Waals surface area contributed by atoms with Crippen LogP contribution in [0.15, 0.2) is 48.5 Å². The number of anilines is 1. The topological polar surface area (TPSA) is 57.7 Å². The normalized spacial score (nSPS) is 11.6. The first-order valence-corrected chi connectivity index (χ1v) is 9.23. The Morgan fingerprint density at radius 3 is 1.92 bits per heavy atom. The van der Waals surface area contributed by atoms with E-state index in [1.54, 1.807) is 0 Å². The third-order valence-corrected chi connectivity index (χ3v) is 4.84. The molecule has 134 valence electrons. The van der Waals surface area contributed by atoms with Gasteiger partial charge in [0, 0.05) is 19.3 Å². The highest BCUT2D eigenvalue weighted by Crippen LogP contribution is 2.15. The SMILES string of the molecule is CN(C(=O)CN(Cc1ccc(F)cc1)S(C)(=O)=O)c1ccc(F)cc1. The summed E-state index contributed by atoms with van der Waals surface area (Å²) in [5.74, 6) is -1.33. The van der Waals surface area contributed by atoms with Crippen molar-refractivity contribution in [2.75, 3.05) is 24.7 Å². The van der Waals surface area contributed by atoms with Crippen LogP contribution in [0.2, 0.25) is 0 Å². The molecule has 2 rings (SSSR count). The Labute approximate surface area is 145 Å². The Kier molecular flexibility index (Phi) is 5.86. The quantitative estimate of drug-likeness (QED) is 0.787. The zero-order chi connectivity index (χ0) is 18.6. The Morgan fingerprint density at radius 2 is 1.44 bits per heavy atom. The Balaban J connectivity index is 2.14. The molecule has 0 spiro atoms. The molecule has 0 aliphatic heterocycles. The summed E-state index contributed by atoms with van der Waals surface area (Å²) in [6, 6.07) is 10.7. The summed E-state index contributed by atoms with van der Waals surface area (Å²) in [5, 5.41) is 0. The second-order valence-corrected chi connectivity index (χ2v) is 7.57. The molecule has 0 fully saturated rings. The molecule has 0 saturated carbocycles. The predicted octanol–water partition coefficient (Wildman–Crippen LogP) is 2.39. The van der Waals surface area contributed by atoms with Crippen molar-refractivity contribution < 1.29 is 22.0 Å². The maximum atomic E-state index is 13.0. The maximum absolute atomic E-state index is 13.0. The van der Waals surface area contributed by atoms with Crippen LogP contribution in [0.25, 0.3) is 0 Å². The van der Waals surface area contributed by atoms with Gasteiger partial charge in [-0.15, -0.1) is 0 Å².